The molecule has 0 aliphatic carbocycles. The van der Waals surface area contributed by atoms with Crippen LogP contribution in [0.15, 0.2) is 59.6 Å². The predicted octanol–water partition coefficient (Wildman–Crippen LogP) is 2.98. The molecule has 0 fully saturated rings. The van der Waals surface area contributed by atoms with Gasteiger partial charge in [0.2, 0.25) is 0 Å². The number of benzene rings is 2. The first kappa shape index (κ1) is 23.7. The van der Waals surface area contributed by atoms with Crippen LogP contribution in [0, 0.1) is 0 Å². The van der Waals surface area contributed by atoms with E-state index in [1.165, 1.54) is 0 Å². The minimum absolute atomic E-state index is 0.364. The summed E-state index contributed by atoms with van der Waals surface area (Å²) in [6.45, 7) is 7.21. The van der Waals surface area contributed by atoms with Crippen LogP contribution in [0.4, 0.5) is 0 Å². The lowest BCUT2D eigenvalue weighted by molar-refractivity contribution is 0.0617. The second kappa shape index (κ2) is 12.2. The highest BCUT2D eigenvalue weighted by Gasteiger charge is 2.22. The van der Waals surface area contributed by atoms with Crippen molar-refractivity contribution in [1.29, 1.82) is 0 Å². The fourth-order valence-electron chi connectivity index (χ4n) is 2.93. The number of hydrogen-bond acceptors (Lipinski definition) is 4. The molecule has 0 saturated heterocycles. The Hall–Kier alpha value is -2.57. The monoisotopic (exact) mass is 412 g/mol. The zero-order chi connectivity index (χ0) is 21.8. The summed E-state index contributed by atoms with van der Waals surface area (Å²) in [4.78, 5) is 6.79. The smallest absolute Gasteiger partial charge is 0.191 e. The van der Waals surface area contributed by atoms with E-state index < -0.39 is 5.60 Å². The second-order valence-corrected chi connectivity index (χ2v) is 7.84. The van der Waals surface area contributed by atoms with Crippen LogP contribution >= 0.6 is 0 Å². The summed E-state index contributed by atoms with van der Waals surface area (Å²) in [5.41, 5.74) is 0.987. The van der Waals surface area contributed by atoms with Crippen LogP contribution in [0.2, 0.25) is 0 Å². The topological polar surface area (TPSA) is 69.1 Å². The Labute approximate surface area is 181 Å². The van der Waals surface area contributed by atoms with Gasteiger partial charge in [0.15, 0.2) is 5.96 Å². The molecule has 0 amide bonds. The molecule has 6 heteroatoms. The van der Waals surface area contributed by atoms with Gasteiger partial charge < -0.3 is 25.4 Å². The molecular formula is C24H36N4O2. The Kier molecular flexibility index (Phi) is 9.64. The van der Waals surface area contributed by atoms with E-state index in [4.69, 9.17) is 4.74 Å². The SMILES string of the molecule is CCNC(=NCc1ccc(OCCCN(C)C)cc1)NCC(C)(O)c1ccccc1. The fourth-order valence-corrected chi connectivity index (χ4v) is 2.93. The van der Waals surface area contributed by atoms with E-state index in [1.54, 1.807) is 6.92 Å². The Morgan fingerprint density at radius 2 is 1.77 bits per heavy atom. The highest BCUT2D eigenvalue weighted by Crippen LogP contribution is 2.19. The van der Waals surface area contributed by atoms with Crippen LogP contribution in [0.5, 0.6) is 5.75 Å². The molecule has 0 saturated carbocycles. The molecular weight excluding hydrogens is 376 g/mol. The van der Waals surface area contributed by atoms with Gasteiger partial charge in [-0.05, 0) is 57.6 Å². The van der Waals surface area contributed by atoms with E-state index in [9.17, 15) is 5.11 Å². The first-order valence-electron chi connectivity index (χ1n) is 10.6. The molecule has 2 rings (SSSR count). The van der Waals surface area contributed by atoms with Crippen molar-refractivity contribution in [3.8, 4) is 5.75 Å². The number of hydrogen-bond donors (Lipinski definition) is 3. The van der Waals surface area contributed by atoms with Crippen LogP contribution in [-0.4, -0.2) is 56.3 Å². The van der Waals surface area contributed by atoms with Crippen LogP contribution in [0.1, 0.15) is 31.4 Å². The van der Waals surface area contributed by atoms with Crippen LogP contribution < -0.4 is 15.4 Å². The molecule has 0 spiro atoms. The Balaban J connectivity index is 1.88. The number of ether oxygens (including phenoxy) is 1. The van der Waals surface area contributed by atoms with Crippen molar-refractivity contribution in [2.45, 2.75) is 32.4 Å². The normalized spacial score (nSPS) is 13.7. The minimum atomic E-state index is -0.983. The molecule has 0 heterocycles. The quantitative estimate of drug-likeness (QED) is 0.301. The lowest BCUT2D eigenvalue weighted by Crippen LogP contribution is -2.44. The number of aliphatic imine (C=N–C) groups is 1. The molecule has 0 aliphatic heterocycles. The van der Waals surface area contributed by atoms with Crippen molar-refractivity contribution in [2.75, 3.05) is 40.3 Å². The first-order chi connectivity index (χ1) is 14.4. The number of guanidine groups is 1. The van der Waals surface area contributed by atoms with Gasteiger partial charge >= 0.3 is 0 Å². The minimum Gasteiger partial charge on any atom is -0.494 e. The van der Waals surface area contributed by atoms with Gasteiger partial charge in [-0.2, -0.15) is 0 Å². The fraction of sp³-hybridized carbons (Fsp3) is 0.458. The van der Waals surface area contributed by atoms with Crippen LogP contribution in [-0.2, 0) is 12.1 Å². The Bertz CT molecular complexity index is 759. The molecule has 1 unspecified atom stereocenters. The summed E-state index contributed by atoms with van der Waals surface area (Å²) in [6, 6.07) is 17.7. The summed E-state index contributed by atoms with van der Waals surface area (Å²) in [6.07, 6.45) is 1.00. The van der Waals surface area contributed by atoms with Gasteiger partial charge in [0, 0.05) is 13.1 Å². The van der Waals surface area contributed by atoms with Crippen molar-refractivity contribution in [3.63, 3.8) is 0 Å². The summed E-state index contributed by atoms with van der Waals surface area (Å²) in [7, 11) is 4.13. The van der Waals surface area contributed by atoms with E-state index in [0.29, 0.717) is 25.7 Å². The highest BCUT2D eigenvalue weighted by atomic mass is 16.5. The van der Waals surface area contributed by atoms with E-state index in [0.717, 1.165) is 36.4 Å². The summed E-state index contributed by atoms with van der Waals surface area (Å²) >= 11 is 0. The summed E-state index contributed by atoms with van der Waals surface area (Å²) in [5, 5.41) is 17.3. The third kappa shape index (κ3) is 8.43. The number of nitrogens with one attached hydrogen (secondary N) is 2. The van der Waals surface area contributed by atoms with Gasteiger partial charge in [-0.25, -0.2) is 4.99 Å². The van der Waals surface area contributed by atoms with Gasteiger partial charge in [-0.3, -0.25) is 0 Å². The molecule has 1 atom stereocenters. The van der Waals surface area contributed by atoms with E-state index >= 15 is 0 Å². The molecule has 0 radical (unpaired) electrons. The maximum absolute atomic E-state index is 10.8. The summed E-state index contributed by atoms with van der Waals surface area (Å²) < 4.78 is 5.78. The van der Waals surface area contributed by atoms with E-state index in [-0.39, 0.29) is 0 Å². The largest absolute Gasteiger partial charge is 0.494 e. The standard InChI is InChI=1S/C24H36N4O2/c1-5-25-23(27-19-24(2,29)21-10-7-6-8-11-21)26-18-20-12-14-22(15-13-20)30-17-9-16-28(3)4/h6-8,10-15,29H,5,9,16-19H2,1-4H3,(H2,25,26,27). The van der Waals surface area contributed by atoms with Gasteiger partial charge in [0.1, 0.15) is 11.4 Å². The summed E-state index contributed by atoms with van der Waals surface area (Å²) in [5.74, 6) is 1.56. The third-order valence-corrected chi connectivity index (χ3v) is 4.70. The molecule has 0 aliphatic rings. The average Bonchev–Trinajstić information content (AvgIpc) is 2.74. The molecule has 0 bridgehead atoms. The molecule has 6 nitrogen and oxygen atoms in total. The molecule has 30 heavy (non-hydrogen) atoms. The van der Waals surface area contributed by atoms with Gasteiger partial charge in [0.25, 0.3) is 0 Å². The second-order valence-electron chi connectivity index (χ2n) is 7.84. The van der Waals surface area contributed by atoms with E-state index in [2.05, 4.69) is 34.6 Å². The van der Waals surface area contributed by atoms with Gasteiger partial charge in [0.05, 0.1) is 19.7 Å². The number of rotatable bonds is 11. The van der Waals surface area contributed by atoms with Crippen molar-refractivity contribution in [2.24, 2.45) is 4.99 Å². The van der Waals surface area contributed by atoms with Crippen molar-refractivity contribution in [1.82, 2.24) is 15.5 Å². The molecule has 2 aromatic carbocycles. The molecule has 3 N–H and O–H groups in total. The van der Waals surface area contributed by atoms with E-state index in [1.807, 2.05) is 61.5 Å². The zero-order valence-electron chi connectivity index (χ0n) is 18.7. The average molecular weight is 413 g/mol. The number of aliphatic hydroxyl groups is 1. The van der Waals surface area contributed by atoms with Crippen molar-refractivity contribution in [3.05, 3.63) is 65.7 Å². The first-order valence-corrected chi connectivity index (χ1v) is 10.6. The molecule has 0 aromatic heterocycles. The maximum atomic E-state index is 10.8. The maximum Gasteiger partial charge on any atom is 0.191 e. The van der Waals surface area contributed by atoms with Crippen molar-refractivity contribution < 1.29 is 9.84 Å². The Morgan fingerprint density at radius 1 is 1.07 bits per heavy atom. The van der Waals surface area contributed by atoms with Crippen molar-refractivity contribution >= 4 is 5.96 Å². The van der Waals surface area contributed by atoms with Gasteiger partial charge in [-0.1, -0.05) is 42.5 Å². The molecule has 2 aromatic rings. The zero-order valence-corrected chi connectivity index (χ0v) is 18.7. The lowest BCUT2D eigenvalue weighted by Gasteiger charge is -2.25. The van der Waals surface area contributed by atoms with Gasteiger partial charge in [-0.15, -0.1) is 0 Å². The van der Waals surface area contributed by atoms with Crippen LogP contribution in [0.3, 0.4) is 0 Å². The Morgan fingerprint density at radius 3 is 2.40 bits per heavy atom. The lowest BCUT2D eigenvalue weighted by atomic mass is 9.96. The molecule has 164 valence electrons. The highest BCUT2D eigenvalue weighted by molar-refractivity contribution is 5.79. The number of nitrogens with zero attached hydrogens (tertiary/aromatic N) is 2. The third-order valence-electron chi connectivity index (χ3n) is 4.70. The van der Waals surface area contributed by atoms with Crippen LogP contribution in [0.25, 0.3) is 0 Å². The predicted molar refractivity (Wildman–Crippen MR) is 124 cm³/mol.